The Morgan fingerprint density at radius 2 is 2.03 bits per heavy atom. The molecule has 0 aliphatic heterocycles. The minimum Gasteiger partial charge on any atom is -0.496 e. The van der Waals surface area contributed by atoms with E-state index in [1.54, 1.807) is 13.2 Å². The predicted octanol–water partition coefficient (Wildman–Crippen LogP) is 4.78. The second kappa shape index (κ2) is 8.62. The maximum absolute atomic E-state index is 11.7. The van der Waals surface area contributed by atoms with Crippen molar-refractivity contribution in [2.24, 2.45) is 0 Å². The highest BCUT2D eigenvalue weighted by molar-refractivity contribution is 5.99. The molecule has 9 nitrogen and oxygen atoms in total. The Labute approximate surface area is 184 Å². The molecule has 1 aromatic carbocycles. The van der Waals surface area contributed by atoms with Gasteiger partial charge in [-0.15, -0.1) is 0 Å². The predicted molar refractivity (Wildman–Crippen MR) is 121 cm³/mol. The molecule has 0 spiro atoms. The SMILES string of the molecule is COc1cc2c(NCCc3cccc(C)n3)c([N+](=O)[O-])cnc2cc1-c1c(C)noc1C. The zero-order valence-electron chi connectivity index (χ0n) is 18.3. The van der Waals surface area contributed by atoms with Crippen LogP contribution in [-0.2, 0) is 6.42 Å². The van der Waals surface area contributed by atoms with Crippen molar-refractivity contribution in [3.05, 3.63) is 69.5 Å². The lowest BCUT2D eigenvalue weighted by atomic mass is 10.00. The van der Waals surface area contributed by atoms with E-state index in [1.807, 2.05) is 45.0 Å². The Morgan fingerprint density at radius 1 is 1.22 bits per heavy atom. The fraction of sp³-hybridized carbons (Fsp3) is 0.261. The highest BCUT2D eigenvalue weighted by Gasteiger charge is 2.22. The van der Waals surface area contributed by atoms with Gasteiger partial charge in [0, 0.05) is 35.3 Å². The van der Waals surface area contributed by atoms with Crippen molar-refractivity contribution < 1.29 is 14.2 Å². The van der Waals surface area contributed by atoms with Crippen LogP contribution in [0.3, 0.4) is 0 Å². The van der Waals surface area contributed by atoms with Crippen molar-refractivity contribution in [3.63, 3.8) is 0 Å². The largest absolute Gasteiger partial charge is 0.496 e. The fourth-order valence-corrected chi connectivity index (χ4v) is 3.82. The maximum atomic E-state index is 11.7. The van der Waals surface area contributed by atoms with Crippen LogP contribution in [0.2, 0.25) is 0 Å². The second-order valence-electron chi connectivity index (χ2n) is 7.49. The van der Waals surface area contributed by atoms with Gasteiger partial charge in [-0.05, 0) is 45.0 Å². The van der Waals surface area contributed by atoms with Gasteiger partial charge in [-0.2, -0.15) is 0 Å². The number of aromatic nitrogens is 3. The van der Waals surface area contributed by atoms with E-state index in [2.05, 4.69) is 20.4 Å². The van der Waals surface area contributed by atoms with Gasteiger partial charge >= 0.3 is 5.69 Å². The van der Waals surface area contributed by atoms with Gasteiger partial charge in [0.1, 0.15) is 23.4 Å². The van der Waals surface area contributed by atoms with Gasteiger partial charge in [0.15, 0.2) is 0 Å². The number of nitro groups is 1. The Kier molecular flexibility index (Phi) is 5.72. The standard InChI is InChI=1S/C23H23N5O4/c1-13-6-5-7-16(26-13)8-9-24-23-17-11-21(31-4)18(22-14(2)27-32-15(22)3)10-19(17)25-12-20(23)28(29)30/h5-7,10-12H,8-9H2,1-4H3,(H,24,25). The average molecular weight is 433 g/mol. The summed E-state index contributed by atoms with van der Waals surface area (Å²) >= 11 is 0. The minimum absolute atomic E-state index is 0.0955. The van der Waals surface area contributed by atoms with Crippen LogP contribution in [0.1, 0.15) is 22.8 Å². The summed E-state index contributed by atoms with van der Waals surface area (Å²) in [6, 6.07) is 9.43. The molecule has 4 rings (SSSR count). The molecule has 164 valence electrons. The number of nitrogens with zero attached hydrogens (tertiary/aromatic N) is 4. The quantitative estimate of drug-likeness (QED) is 0.327. The van der Waals surface area contributed by atoms with E-state index in [-0.39, 0.29) is 5.69 Å². The molecule has 3 aromatic heterocycles. The van der Waals surface area contributed by atoms with Gasteiger partial charge in [-0.25, -0.2) is 4.98 Å². The molecule has 1 N–H and O–H groups in total. The Morgan fingerprint density at radius 3 is 2.69 bits per heavy atom. The van der Waals surface area contributed by atoms with Crippen LogP contribution >= 0.6 is 0 Å². The van der Waals surface area contributed by atoms with Crippen molar-refractivity contribution in [2.75, 3.05) is 19.0 Å². The molecular formula is C23H23N5O4. The number of pyridine rings is 2. The van der Waals surface area contributed by atoms with Gasteiger partial charge in [0.25, 0.3) is 0 Å². The summed E-state index contributed by atoms with van der Waals surface area (Å²) in [5, 5.41) is 19.5. The van der Waals surface area contributed by atoms with Crippen LogP contribution < -0.4 is 10.1 Å². The van der Waals surface area contributed by atoms with Gasteiger partial charge in [0.2, 0.25) is 0 Å². The van der Waals surface area contributed by atoms with E-state index in [4.69, 9.17) is 9.26 Å². The first-order chi connectivity index (χ1) is 15.4. The summed E-state index contributed by atoms with van der Waals surface area (Å²) in [4.78, 5) is 20.1. The molecule has 0 atom stereocenters. The second-order valence-corrected chi connectivity index (χ2v) is 7.49. The van der Waals surface area contributed by atoms with Crippen molar-refractivity contribution in [1.82, 2.24) is 15.1 Å². The number of anilines is 1. The summed E-state index contributed by atoms with van der Waals surface area (Å²) < 4.78 is 10.9. The fourth-order valence-electron chi connectivity index (χ4n) is 3.82. The van der Waals surface area contributed by atoms with Gasteiger partial charge in [-0.1, -0.05) is 11.2 Å². The summed E-state index contributed by atoms with van der Waals surface area (Å²) in [7, 11) is 1.56. The number of hydrogen-bond donors (Lipinski definition) is 1. The Balaban J connectivity index is 1.78. The number of methoxy groups -OCH3 is 1. The lowest BCUT2D eigenvalue weighted by Crippen LogP contribution is -2.09. The molecule has 0 fully saturated rings. The van der Waals surface area contributed by atoms with Crippen LogP contribution in [0.5, 0.6) is 5.75 Å². The smallest absolute Gasteiger partial charge is 0.311 e. The monoisotopic (exact) mass is 433 g/mol. The van der Waals surface area contributed by atoms with Crippen molar-refractivity contribution in [3.8, 4) is 16.9 Å². The molecule has 0 radical (unpaired) electrons. The van der Waals surface area contributed by atoms with E-state index in [0.29, 0.717) is 41.1 Å². The number of aryl methyl sites for hydroxylation is 3. The Bertz CT molecular complexity index is 1300. The van der Waals surface area contributed by atoms with Crippen LogP contribution in [0, 0.1) is 30.9 Å². The van der Waals surface area contributed by atoms with Crippen molar-refractivity contribution in [1.29, 1.82) is 0 Å². The molecule has 3 heterocycles. The number of fused-ring (bicyclic) bond motifs is 1. The van der Waals surface area contributed by atoms with Gasteiger partial charge in [-0.3, -0.25) is 15.1 Å². The lowest BCUT2D eigenvalue weighted by Gasteiger charge is -2.14. The molecule has 0 amide bonds. The molecule has 9 heteroatoms. The van der Waals surface area contributed by atoms with Crippen LogP contribution in [0.25, 0.3) is 22.0 Å². The minimum atomic E-state index is -0.436. The Hall–Kier alpha value is -4.01. The molecule has 32 heavy (non-hydrogen) atoms. The van der Waals surface area contributed by atoms with Gasteiger partial charge in [0.05, 0.1) is 28.8 Å². The normalized spacial score (nSPS) is 11.0. The third-order valence-corrected chi connectivity index (χ3v) is 5.30. The third kappa shape index (κ3) is 3.96. The van der Waals surface area contributed by atoms with Crippen LogP contribution in [-0.4, -0.2) is 33.7 Å². The first-order valence-corrected chi connectivity index (χ1v) is 10.1. The van der Waals surface area contributed by atoms with Crippen molar-refractivity contribution >= 4 is 22.3 Å². The number of nitrogens with one attached hydrogen (secondary N) is 1. The van der Waals surface area contributed by atoms with E-state index >= 15 is 0 Å². The molecule has 0 saturated carbocycles. The molecule has 0 bridgehead atoms. The highest BCUT2D eigenvalue weighted by atomic mass is 16.6. The highest BCUT2D eigenvalue weighted by Crippen LogP contribution is 2.41. The third-order valence-electron chi connectivity index (χ3n) is 5.30. The molecule has 4 aromatic rings. The maximum Gasteiger partial charge on any atom is 0.311 e. The van der Waals surface area contributed by atoms with Gasteiger partial charge < -0.3 is 14.6 Å². The number of benzene rings is 1. The van der Waals surface area contributed by atoms with Crippen LogP contribution in [0.4, 0.5) is 11.4 Å². The van der Waals surface area contributed by atoms with Crippen LogP contribution in [0.15, 0.2) is 41.1 Å². The number of hydrogen-bond acceptors (Lipinski definition) is 8. The summed E-state index contributed by atoms with van der Waals surface area (Å²) in [5.41, 5.74) is 5.07. The molecule has 0 unspecified atom stereocenters. The average Bonchev–Trinajstić information content (AvgIpc) is 3.10. The first-order valence-electron chi connectivity index (χ1n) is 10.1. The van der Waals surface area contributed by atoms with E-state index < -0.39 is 4.92 Å². The van der Waals surface area contributed by atoms with E-state index in [1.165, 1.54) is 6.20 Å². The zero-order valence-corrected chi connectivity index (χ0v) is 18.3. The van der Waals surface area contributed by atoms with Crippen molar-refractivity contribution in [2.45, 2.75) is 27.2 Å². The topological polar surface area (TPSA) is 116 Å². The number of ether oxygens (including phenoxy) is 1. The molecular weight excluding hydrogens is 410 g/mol. The first kappa shape index (κ1) is 21.2. The zero-order chi connectivity index (χ0) is 22.8. The molecule has 0 aliphatic rings. The summed E-state index contributed by atoms with van der Waals surface area (Å²) in [6.45, 7) is 6.09. The molecule has 0 saturated heterocycles. The lowest BCUT2D eigenvalue weighted by molar-refractivity contribution is -0.384. The van der Waals surface area contributed by atoms with E-state index in [9.17, 15) is 10.1 Å². The summed E-state index contributed by atoms with van der Waals surface area (Å²) in [5.74, 6) is 1.21. The number of rotatable bonds is 7. The summed E-state index contributed by atoms with van der Waals surface area (Å²) in [6.07, 6.45) is 1.90. The molecule has 0 aliphatic carbocycles. The van der Waals surface area contributed by atoms with E-state index in [0.717, 1.165) is 28.2 Å².